The summed E-state index contributed by atoms with van der Waals surface area (Å²) in [6.45, 7) is 4.91. The fourth-order valence-corrected chi connectivity index (χ4v) is 2.38. The molecule has 2 aromatic heterocycles. The van der Waals surface area contributed by atoms with Crippen molar-refractivity contribution in [2.75, 3.05) is 5.32 Å². The van der Waals surface area contributed by atoms with Crippen molar-refractivity contribution in [3.63, 3.8) is 0 Å². The summed E-state index contributed by atoms with van der Waals surface area (Å²) in [4.78, 5) is 30.6. The molecule has 23 heavy (non-hydrogen) atoms. The molecule has 1 unspecified atom stereocenters. The number of hydrogen-bond donors (Lipinski definition) is 2. The van der Waals surface area contributed by atoms with Crippen LogP contribution in [0.2, 0.25) is 0 Å². The predicted octanol–water partition coefficient (Wildman–Crippen LogP) is 2.17. The molecule has 0 aliphatic carbocycles. The predicted molar refractivity (Wildman–Crippen MR) is 88.8 cm³/mol. The maximum Gasteiger partial charge on any atom is 0.221 e. The average molecular weight is 312 g/mol. The van der Waals surface area contributed by atoms with Crippen molar-refractivity contribution < 1.29 is 9.59 Å². The first-order valence-electron chi connectivity index (χ1n) is 7.38. The SMILES string of the molecule is CC(=O)Nc1cncc(-c2cncc(CC(C)NC(C)=O)c2)c1. The van der Waals surface area contributed by atoms with Gasteiger partial charge in [-0.05, 0) is 31.0 Å². The number of hydrogen-bond acceptors (Lipinski definition) is 4. The molecule has 0 fully saturated rings. The second-order valence-electron chi connectivity index (χ2n) is 5.53. The van der Waals surface area contributed by atoms with E-state index >= 15 is 0 Å². The number of rotatable bonds is 5. The Hall–Kier alpha value is -2.76. The minimum Gasteiger partial charge on any atom is -0.354 e. The van der Waals surface area contributed by atoms with E-state index in [0.29, 0.717) is 12.1 Å². The zero-order valence-corrected chi connectivity index (χ0v) is 13.5. The Balaban J connectivity index is 2.19. The van der Waals surface area contributed by atoms with Crippen LogP contribution < -0.4 is 10.6 Å². The smallest absolute Gasteiger partial charge is 0.221 e. The molecule has 120 valence electrons. The van der Waals surface area contributed by atoms with Crippen LogP contribution in [0, 0.1) is 0 Å². The van der Waals surface area contributed by atoms with E-state index in [9.17, 15) is 9.59 Å². The lowest BCUT2D eigenvalue weighted by Crippen LogP contribution is -2.32. The van der Waals surface area contributed by atoms with Crippen LogP contribution in [-0.2, 0) is 16.0 Å². The molecular formula is C17H20N4O2. The first-order valence-corrected chi connectivity index (χ1v) is 7.38. The highest BCUT2D eigenvalue weighted by molar-refractivity contribution is 5.89. The maximum absolute atomic E-state index is 11.1. The third-order valence-electron chi connectivity index (χ3n) is 3.18. The molecule has 0 radical (unpaired) electrons. The zero-order chi connectivity index (χ0) is 16.8. The monoisotopic (exact) mass is 312 g/mol. The lowest BCUT2D eigenvalue weighted by atomic mass is 10.0. The Kier molecular flexibility index (Phi) is 5.41. The van der Waals surface area contributed by atoms with E-state index in [0.717, 1.165) is 16.7 Å². The Labute approximate surface area is 135 Å². The van der Waals surface area contributed by atoms with Crippen molar-refractivity contribution in [2.24, 2.45) is 0 Å². The summed E-state index contributed by atoms with van der Waals surface area (Å²) >= 11 is 0. The Bertz CT molecular complexity index is 715. The lowest BCUT2D eigenvalue weighted by molar-refractivity contribution is -0.119. The summed E-state index contributed by atoms with van der Waals surface area (Å²) in [5.74, 6) is -0.186. The van der Waals surface area contributed by atoms with Crippen LogP contribution in [0.15, 0.2) is 36.9 Å². The molecule has 0 aliphatic rings. The van der Waals surface area contributed by atoms with Crippen LogP contribution in [0.25, 0.3) is 11.1 Å². The molecule has 6 nitrogen and oxygen atoms in total. The van der Waals surface area contributed by atoms with Crippen LogP contribution in [-0.4, -0.2) is 27.8 Å². The van der Waals surface area contributed by atoms with E-state index in [1.165, 1.54) is 13.8 Å². The summed E-state index contributed by atoms with van der Waals surface area (Å²) in [7, 11) is 0. The Morgan fingerprint density at radius 2 is 1.65 bits per heavy atom. The van der Waals surface area contributed by atoms with Gasteiger partial charge < -0.3 is 10.6 Å². The molecule has 2 amide bonds. The molecule has 0 aliphatic heterocycles. The standard InChI is InChI=1S/C17H20N4O2/c1-11(20-12(2)22)4-14-5-15(8-18-7-14)16-6-17(10-19-9-16)21-13(3)23/h5-11H,4H2,1-3H3,(H,20,22)(H,21,23). The number of amides is 2. The zero-order valence-electron chi connectivity index (χ0n) is 13.5. The second-order valence-corrected chi connectivity index (χ2v) is 5.53. The maximum atomic E-state index is 11.1. The van der Waals surface area contributed by atoms with Gasteiger partial charge in [0, 0.05) is 49.6 Å². The average Bonchev–Trinajstić information content (AvgIpc) is 2.46. The summed E-state index contributed by atoms with van der Waals surface area (Å²) < 4.78 is 0. The van der Waals surface area contributed by atoms with Gasteiger partial charge in [-0.25, -0.2) is 0 Å². The number of aromatic nitrogens is 2. The van der Waals surface area contributed by atoms with Gasteiger partial charge in [0.25, 0.3) is 0 Å². The third-order valence-corrected chi connectivity index (χ3v) is 3.18. The van der Waals surface area contributed by atoms with Gasteiger partial charge in [-0.2, -0.15) is 0 Å². The first-order chi connectivity index (χ1) is 10.9. The highest BCUT2D eigenvalue weighted by Crippen LogP contribution is 2.22. The van der Waals surface area contributed by atoms with Crippen molar-refractivity contribution in [1.29, 1.82) is 0 Å². The van der Waals surface area contributed by atoms with E-state index in [4.69, 9.17) is 0 Å². The van der Waals surface area contributed by atoms with Gasteiger partial charge >= 0.3 is 0 Å². The summed E-state index contributed by atoms with van der Waals surface area (Å²) in [5, 5.41) is 5.57. The number of pyridine rings is 2. The van der Waals surface area contributed by atoms with E-state index in [1.54, 1.807) is 24.8 Å². The quantitative estimate of drug-likeness (QED) is 0.886. The normalized spacial score (nSPS) is 11.6. The first kappa shape index (κ1) is 16.6. The molecule has 2 N–H and O–H groups in total. The summed E-state index contributed by atoms with van der Waals surface area (Å²) in [6.07, 6.45) is 7.55. The van der Waals surface area contributed by atoms with Gasteiger partial charge in [-0.3, -0.25) is 19.6 Å². The van der Waals surface area contributed by atoms with E-state index in [-0.39, 0.29) is 17.9 Å². The van der Waals surface area contributed by atoms with Gasteiger partial charge in [-0.15, -0.1) is 0 Å². The van der Waals surface area contributed by atoms with Crippen LogP contribution in [0.1, 0.15) is 26.3 Å². The van der Waals surface area contributed by atoms with Gasteiger partial charge in [0.2, 0.25) is 11.8 Å². The fourth-order valence-electron chi connectivity index (χ4n) is 2.38. The molecule has 0 aromatic carbocycles. The van der Waals surface area contributed by atoms with Gasteiger partial charge in [0.1, 0.15) is 0 Å². The largest absolute Gasteiger partial charge is 0.354 e. The summed E-state index contributed by atoms with van der Waals surface area (Å²) in [6, 6.07) is 3.90. The van der Waals surface area contributed by atoms with Crippen LogP contribution in [0.4, 0.5) is 5.69 Å². The van der Waals surface area contributed by atoms with Gasteiger partial charge in [0.05, 0.1) is 11.9 Å². The van der Waals surface area contributed by atoms with Crippen molar-refractivity contribution >= 4 is 17.5 Å². The minimum absolute atomic E-state index is 0.0355. The van der Waals surface area contributed by atoms with Crippen LogP contribution >= 0.6 is 0 Å². The molecular weight excluding hydrogens is 292 g/mol. The molecule has 6 heteroatoms. The van der Waals surface area contributed by atoms with Crippen LogP contribution in [0.3, 0.4) is 0 Å². The lowest BCUT2D eigenvalue weighted by Gasteiger charge is -2.13. The van der Waals surface area contributed by atoms with Gasteiger partial charge in [-0.1, -0.05) is 0 Å². The number of nitrogens with zero attached hydrogens (tertiary/aromatic N) is 2. The van der Waals surface area contributed by atoms with E-state index < -0.39 is 0 Å². The Morgan fingerprint density at radius 1 is 1.00 bits per heavy atom. The molecule has 2 aromatic rings. The molecule has 1 atom stereocenters. The summed E-state index contributed by atoms with van der Waals surface area (Å²) in [5.41, 5.74) is 3.45. The van der Waals surface area contributed by atoms with Gasteiger partial charge in [0.15, 0.2) is 0 Å². The number of carbonyl (C=O) groups excluding carboxylic acids is 2. The highest BCUT2D eigenvalue weighted by atomic mass is 16.2. The molecule has 0 bridgehead atoms. The molecule has 2 heterocycles. The van der Waals surface area contributed by atoms with Crippen molar-refractivity contribution in [3.8, 4) is 11.1 Å². The number of nitrogens with one attached hydrogen (secondary N) is 2. The number of carbonyl (C=O) groups is 2. The third kappa shape index (κ3) is 5.18. The molecule has 0 spiro atoms. The molecule has 0 saturated heterocycles. The van der Waals surface area contributed by atoms with Crippen molar-refractivity contribution in [3.05, 3.63) is 42.5 Å². The second kappa shape index (κ2) is 7.49. The highest BCUT2D eigenvalue weighted by Gasteiger charge is 2.07. The minimum atomic E-state index is -0.139. The molecule has 0 saturated carbocycles. The van der Waals surface area contributed by atoms with Crippen molar-refractivity contribution in [1.82, 2.24) is 15.3 Å². The van der Waals surface area contributed by atoms with Crippen molar-refractivity contribution in [2.45, 2.75) is 33.2 Å². The van der Waals surface area contributed by atoms with Crippen LogP contribution in [0.5, 0.6) is 0 Å². The number of anilines is 1. The van der Waals surface area contributed by atoms with E-state index in [1.807, 2.05) is 19.1 Å². The molecule has 2 rings (SSSR count). The van der Waals surface area contributed by atoms with E-state index in [2.05, 4.69) is 20.6 Å². The topological polar surface area (TPSA) is 84.0 Å². The fraction of sp³-hybridized carbons (Fsp3) is 0.294. The Morgan fingerprint density at radius 3 is 2.30 bits per heavy atom.